The number of aryl methyl sites for hydroxylation is 2. The van der Waals surface area contributed by atoms with E-state index < -0.39 is 10.0 Å². The van der Waals surface area contributed by atoms with Gasteiger partial charge in [-0.05, 0) is 50.2 Å². The molecule has 0 radical (unpaired) electrons. The molecule has 0 atom stereocenters. The molecule has 2 N–H and O–H groups in total. The van der Waals surface area contributed by atoms with Gasteiger partial charge in [0.05, 0.1) is 16.3 Å². The summed E-state index contributed by atoms with van der Waals surface area (Å²) in [6.45, 7) is 4.42. The van der Waals surface area contributed by atoms with E-state index in [0.717, 1.165) is 17.1 Å². The summed E-state index contributed by atoms with van der Waals surface area (Å²) in [5.41, 5.74) is 2.65. The number of sulfonamides is 1. The Bertz CT molecular complexity index is 1270. The fourth-order valence-electron chi connectivity index (χ4n) is 3.08. The lowest BCUT2D eigenvalue weighted by molar-refractivity contribution is 0.583. The number of anilines is 1. The third-order valence-corrected chi connectivity index (χ3v) is 6.00. The van der Waals surface area contributed by atoms with Crippen LogP contribution in [0, 0.1) is 13.8 Å². The molecule has 0 aliphatic rings. The number of aromatic nitrogens is 6. The fourth-order valence-corrected chi connectivity index (χ4v) is 4.11. The highest BCUT2D eigenvalue weighted by Crippen LogP contribution is 2.14. The van der Waals surface area contributed by atoms with E-state index >= 15 is 0 Å². The van der Waals surface area contributed by atoms with Crippen LogP contribution in [0.25, 0.3) is 11.5 Å². The first-order valence-corrected chi connectivity index (χ1v) is 11.1. The molecule has 160 valence electrons. The second kappa shape index (κ2) is 8.66. The van der Waals surface area contributed by atoms with Crippen molar-refractivity contribution in [3.8, 4) is 11.5 Å². The zero-order chi connectivity index (χ0) is 21.8. The molecule has 10 nitrogen and oxygen atoms in total. The molecule has 3 heterocycles. The molecule has 0 saturated heterocycles. The van der Waals surface area contributed by atoms with E-state index in [9.17, 15) is 8.42 Å². The van der Waals surface area contributed by atoms with Crippen molar-refractivity contribution in [3.05, 3.63) is 72.6 Å². The second-order valence-corrected chi connectivity index (χ2v) is 8.64. The summed E-state index contributed by atoms with van der Waals surface area (Å²) in [6.07, 6.45) is 4.90. The van der Waals surface area contributed by atoms with Gasteiger partial charge in [0.2, 0.25) is 10.0 Å². The Hall–Kier alpha value is -3.57. The van der Waals surface area contributed by atoms with Gasteiger partial charge in [-0.2, -0.15) is 10.2 Å². The highest BCUT2D eigenvalue weighted by Gasteiger charge is 2.13. The minimum atomic E-state index is -3.62. The first-order valence-electron chi connectivity index (χ1n) is 9.62. The van der Waals surface area contributed by atoms with E-state index in [1.165, 1.54) is 6.33 Å². The molecule has 0 unspecified atom stereocenters. The molecule has 0 aliphatic heterocycles. The Morgan fingerprint density at radius 1 is 1.03 bits per heavy atom. The topological polar surface area (TPSA) is 120 Å². The first-order chi connectivity index (χ1) is 14.9. The lowest BCUT2D eigenvalue weighted by atomic mass is 10.3. The van der Waals surface area contributed by atoms with Gasteiger partial charge < -0.3 is 5.32 Å². The number of hydrogen-bond acceptors (Lipinski definition) is 7. The molecule has 4 rings (SSSR count). The van der Waals surface area contributed by atoms with Gasteiger partial charge in [-0.1, -0.05) is 0 Å². The summed E-state index contributed by atoms with van der Waals surface area (Å²) >= 11 is 0. The van der Waals surface area contributed by atoms with E-state index in [2.05, 4.69) is 30.2 Å². The monoisotopic (exact) mass is 438 g/mol. The molecular formula is C20H22N8O2S. The first kappa shape index (κ1) is 20.7. The van der Waals surface area contributed by atoms with Crippen molar-refractivity contribution in [1.29, 1.82) is 0 Å². The van der Waals surface area contributed by atoms with E-state index in [-0.39, 0.29) is 11.4 Å². The van der Waals surface area contributed by atoms with Gasteiger partial charge in [0.1, 0.15) is 12.1 Å². The van der Waals surface area contributed by atoms with Crippen molar-refractivity contribution < 1.29 is 8.42 Å². The van der Waals surface area contributed by atoms with Crippen LogP contribution in [-0.4, -0.2) is 51.0 Å². The van der Waals surface area contributed by atoms with Crippen LogP contribution in [0.5, 0.6) is 0 Å². The minimum absolute atomic E-state index is 0.192. The smallest absolute Gasteiger partial charge is 0.240 e. The maximum Gasteiger partial charge on any atom is 0.240 e. The van der Waals surface area contributed by atoms with Crippen LogP contribution >= 0.6 is 0 Å². The normalized spacial score (nSPS) is 11.5. The SMILES string of the molecule is Cc1cc(C)n(-c2cc(NCCNS(=O)(=O)c3ccc(-n4cccn4)cc3)ncn2)n1. The molecular weight excluding hydrogens is 416 g/mol. The molecule has 0 fully saturated rings. The maximum absolute atomic E-state index is 12.5. The molecule has 0 saturated carbocycles. The highest BCUT2D eigenvalue weighted by molar-refractivity contribution is 7.89. The third kappa shape index (κ3) is 4.78. The summed E-state index contributed by atoms with van der Waals surface area (Å²) in [4.78, 5) is 8.62. The molecule has 11 heteroatoms. The lowest BCUT2D eigenvalue weighted by Gasteiger charge is -2.10. The van der Waals surface area contributed by atoms with Crippen molar-refractivity contribution >= 4 is 15.8 Å². The molecule has 0 amide bonds. The van der Waals surface area contributed by atoms with Gasteiger partial charge in [0.25, 0.3) is 0 Å². The molecule has 4 aromatic rings. The average molecular weight is 439 g/mol. The number of nitrogens with one attached hydrogen (secondary N) is 2. The van der Waals surface area contributed by atoms with Gasteiger partial charge in [0, 0.05) is 37.2 Å². The summed E-state index contributed by atoms with van der Waals surface area (Å²) in [7, 11) is -3.62. The van der Waals surface area contributed by atoms with Crippen molar-refractivity contribution in [2.45, 2.75) is 18.7 Å². The molecule has 3 aromatic heterocycles. The number of hydrogen-bond donors (Lipinski definition) is 2. The summed E-state index contributed by atoms with van der Waals surface area (Å²) in [6, 6.07) is 12.1. The number of nitrogens with zero attached hydrogens (tertiary/aromatic N) is 6. The standard InChI is InChI=1S/C20H22N8O2S/c1-15-12-16(2)28(26-15)20-13-19(22-14-23-20)21-9-10-25-31(29,30)18-6-4-17(5-7-18)27-11-3-8-24-27/h3-8,11-14,25H,9-10H2,1-2H3,(H,21,22,23). The Kier molecular flexibility index (Phi) is 5.78. The van der Waals surface area contributed by atoms with Crippen LogP contribution in [0.3, 0.4) is 0 Å². The van der Waals surface area contributed by atoms with Gasteiger partial charge in [0.15, 0.2) is 5.82 Å². The van der Waals surface area contributed by atoms with E-state index in [1.807, 2.05) is 19.9 Å². The fraction of sp³-hybridized carbons (Fsp3) is 0.200. The van der Waals surface area contributed by atoms with Crippen LogP contribution < -0.4 is 10.0 Å². The van der Waals surface area contributed by atoms with Crippen molar-refractivity contribution in [2.24, 2.45) is 0 Å². The predicted molar refractivity (Wildman–Crippen MR) is 116 cm³/mol. The van der Waals surface area contributed by atoms with Crippen molar-refractivity contribution in [1.82, 2.24) is 34.3 Å². The van der Waals surface area contributed by atoms with E-state index in [4.69, 9.17) is 0 Å². The zero-order valence-electron chi connectivity index (χ0n) is 17.1. The van der Waals surface area contributed by atoms with Gasteiger partial charge in [-0.25, -0.2) is 32.5 Å². The Morgan fingerprint density at radius 2 is 1.84 bits per heavy atom. The Labute approximate surface area is 180 Å². The average Bonchev–Trinajstić information content (AvgIpc) is 3.41. The van der Waals surface area contributed by atoms with Crippen LogP contribution in [0.1, 0.15) is 11.4 Å². The molecule has 0 bridgehead atoms. The summed E-state index contributed by atoms with van der Waals surface area (Å²) < 4.78 is 31.0. The number of rotatable bonds is 8. The van der Waals surface area contributed by atoms with Crippen LogP contribution in [0.15, 0.2) is 66.1 Å². The summed E-state index contributed by atoms with van der Waals surface area (Å²) in [5, 5.41) is 11.6. The lowest BCUT2D eigenvalue weighted by Crippen LogP contribution is -2.29. The minimum Gasteiger partial charge on any atom is -0.369 e. The van der Waals surface area contributed by atoms with Crippen molar-refractivity contribution in [2.75, 3.05) is 18.4 Å². The zero-order valence-corrected chi connectivity index (χ0v) is 17.9. The molecule has 1 aromatic carbocycles. The van der Waals surface area contributed by atoms with Crippen LogP contribution in [-0.2, 0) is 10.0 Å². The molecule has 31 heavy (non-hydrogen) atoms. The van der Waals surface area contributed by atoms with Gasteiger partial charge in [-0.15, -0.1) is 0 Å². The maximum atomic E-state index is 12.5. The predicted octanol–water partition coefficient (Wildman–Crippen LogP) is 1.86. The van der Waals surface area contributed by atoms with Gasteiger partial charge >= 0.3 is 0 Å². The molecule has 0 aliphatic carbocycles. The van der Waals surface area contributed by atoms with Crippen LogP contribution in [0.4, 0.5) is 5.82 Å². The van der Waals surface area contributed by atoms with E-state index in [1.54, 1.807) is 58.2 Å². The summed E-state index contributed by atoms with van der Waals surface area (Å²) in [5.74, 6) is 1.22. The Morgan fingerprint density at radius 3 is 2.52 bits per heavy atom. The van der Waals surface area contributed by atoms with Crippen LogP contribution in [0.2, 0.25) is 0 Å². The largest absolute Gasteiger partial charge is 0.369 e. The third-order valence-electron chi connectivity index (χ3n) is 4.52. The number of benzene rings is 1. The van der Waals surface area contributed by atoms with Gasteiger partial charge in [-0.3, -0.25) is 0 Å². The Balaban J connectivity index is 1.34. The highest BCUT2D eigenvalue weighted by atomic mass is 32.2. The molecule has 0 spiro atoms. The quantitative estimate of drug-likeness (QED) is 0.403. The van der Waals surface area contributed by atoms with E-state index in [0.29, 0.717) is 18.2 Å². The van der Waals surface area contributed by atoms with Crippen molar-refractivity contribution in [3.63, 3.8) is 0 Å². The second-order valence-electron chi connectivity index (χ2n) is 6.87.